The Labute approximate surface area is 329 Å². The van der Waals surface area contributed by atoms with Gasteiger partial charge in [-0.1, -0.05) is 140 Å². The lowest BCUT2D eigenvalue weighted by molar-refractivity contribution is 0.504. The van der Waals surface area contributed by atoms with Crippen molar-refractivity contribution in [1.82, 2.24) is 5.32 Å². The Kier molecular flexibility index (Phi) is 8.12. The van der Waals surface area contributed by atoms with E-state index < -0.39 is 0 Å². The molecule has 3 heteroatoms. The number of fused-ring (bicyclic) bond motifs is 6. The van der Waals surface area contributed by atoms with Crippen molar-refractivity contribution in [2.75, 3.05) is 4.90 Å². The standard InChI is InChI=1S/C53H44N2O/c1-3-13-35(14-4-1)41-33-48(37-15-5-2-6-16-37)54-49(34-41)40-18-11-17-38(31-40)39-27-30-51-47(32-39)44-19-7-9-23-50(44)55(51)42-28-25-36(26-29-42)43-21-12-22-46-45-20-8-10-24-52(45)56-53(43)46/h1-3,5-10,12-13,15,17,19-34,37,47-48,51,54H,4,11,14,16,18H2. The van der Waals surface area contributed by atoms with Gasteiger partial charge in [-0.2, -0.15) is 0 Å². The van der Waals surface area contributed by atoms with Crippen LogP contribution in [0.1, 0.15) is 43.6 Å². The quantitative estimate of drug-likeness (QED) is 0.189. The molecule has 11 rings (SSSR count). The van der Waals surface area contributed by atoms with E-state index in [1.807, 2.05) is 6.07 Å². The monoisotopic (exact) mass is 724 g/mol. The van der Waals surface area contributed by atoms with Crippen molar-refractivity contribution in [3.8, 4) is 11.1 Å². The zero-order valence-electron chi connectivity index (χ0n) is 31.4. The average molecular weight is 725 g/mol. The summed E-state index contributed by atoms with van der Waals surface area (Å²) in [5.74, 6) is 0.712. The van der Waals surface area contributed by atoms with Crippen molar-refractivity contribution in [2.45, 2.75) is 50.1 Å². The summed E-state index contributed by atoms with van der Waals surface area (Å²) in [6.45, 7) is 0. The Morgan fingerprint density at radius 1 is 0.679 bits per heavy atom. The molecule has 6 aliphatic rings. The highest BCUT2D eigenvalue weighted by Crippen LogP contribution is 2.49. The molecule has 4 atom stereocenters. The minimum atomic E-state index is 0.208. The first-order chi connectivity index (χ1) is 27.7. The number of dihydropyridines is 1. The van der Waals surface area contributed by atoms with Gasteiger partial charge in [-0.15, -0.1) is 0 Å². The summed E-state index contributed by atoms with van der Waals surface area (Å²) in [6, 6.07) is 33.3. The highest BCUT2D eigenvalue weighted by molar-refractivity contribution is 6.09. The smallest absolute Gasteiger partial charge is 0.143 e. The second-order valence-corrected chi connectivity index (χ2v) is 15.8. The van der Waals surface area contributed by atoms with Crippen molar-refractivity contribution in [3.05, 3.63) is 215 Å². The number of nitrogens with one attached hydrogen (secondary N) is 1. The number of benzene rings is 4. The summed E-state index contributed by atoms with van der Waals surface area (Å²) in [6.07, 6.45) is 38.4. The van der Waals surface area contributed by atoms with E-state index in [1.54, 1.807) is 0 Å². The van der Waals surface area contributed by atoms with Gasteiger partial charge < -0.3 is 14.6 Å². The van der Waals surface area contributed by atoms with Crippen LogP contribution in [0.15, 0.2) is 214 Å². The molecule has 3 heterocycles. The largest absolute Gasteiger partial charge is 0.455 e. The summed E-state index contributed by atoms with van der Waals surface area (Å²) < 4.78 is 6.39. The Balaban J connectivity index is 0.888. The Bertz CT molecular complexity index is 2720. The van der Waals surface area contributed by atoms with Gasteiger partial charge in [-0.3, -0.25) is 0 Å². The van der Waals surface area contributed by atoms with Crippen LogP contribution in [-0.4, -0.2) is 12.1 Å². The molecule has 4 aromatic carbocycles. The molecule has 5 aromatic rings. The number of nitrogens with zero attached hydrogens (tertiary/aromatic N) is 1. The number of allylic oxidation sites excluding steroid dienone is 15. The van der Waals surface area contributed by atoms with Crippen molar-refractivity contribution >= 4 is 33.3 Å². The van der Waals surface area contributed by atoms with Gasteiger partial charge in [0.1, 0.15) is 11.2 Å². The van der Waals surface area contributed by atoms with Crippen LogP contribution in [0.5, 0.6) is 0 Å². The number of hydrogen-bond acceptors (Lipinski definition) is 3. The molecule has 0 fully saturated rings. The molecule has 0 bridgehead atoms. The van der Waals surface area contributed by atoms with E-state index >= 15 is 0 Å². The van der Waals surface area contributed by atoms with Gasteiger partial charge in [-0.25, -0.2) is 0 Å². The molecule has 0 amide bonds. The molecule has 0 spiro atoms. The van der Waals surface area contributed by atoms with E-state index in [0.717, 1.165) is 65.2 Å². The predicted molar refractivity (Wildman–Crippen MR) is 233 cm³/mol. The van der Waals surface area contributed by atoms with Gasteiger partial charge in [0.25, 0.3) is 0 Å². The zero-order valence-corrected chi connectivity index (χ0v) is 31.4. The Morgan fingerprint density at radius 2 is 1.55 bits per heavy atom. The first-order valence-corrected chi connectivity index (χ1v) is 20.3. The average Bonchev–Trinajstić information content (AvgIpc) is 3.83. The van der Waals surface area contributed by atoms with Crippen LogP contribution in [0, 0.1) is 5.92 Å². The van der Waals surface area contributed by atoms with Gasteiger partial charge in [0, 0.05) is 45.2 Å². The molecule has 1 N–H and O–H groups in total. The number of hydrogen-bond donors (Lipinski definition) is 1. The van der Waals surface area contributed by atoms with Crippen molar-refractivity contribution in [2.24, 2.45) is 5.92 Å². The van der Waals surface area contributed by atoms with Crippen LogP contribution in [0.3, 0.4) is 0 Å². The number of rotatable bonds is 6. The zero-order chi connectivity index (χ0) is 37.0. The molecule has 272 valence electrons. The van der Waals surface area contributed by atoms with Gasteiger partial charge in [0.15, 0.2) is 0 Å². The van der Waals surface area contributed by atoms with Crippen LogP contribution in [-0.2, 0) is 0 Å². The van der Waals surface area contributed by atoms with Crippen LogP contribution < -0.4 is 10.2 Å². The molecular formula is C53H44N2O. The topological polar surface area (TPSA) is 28.4 Å². The third-order valence-electron chi connectivity index (χ3n) is 12.5. The fraction of sp³-hybridized carbons (Fsp3) is 0.170. The highest BCUT2D eigenvalue weighted by atomic mass is 16.3. The molecule has 4 aliphatic carbocycles. The lowest BCUT2D eigenvalue weighted by atomic mass is 9.82. The van der Waals surface area contributed by atoms with E-state index in [4.69, 9.17) is 4.42 Å². The maximum atomic E-state index is 6.39. The normalized spacial score (nSPS) is 23.8. The highest BCUT2D eigenvalue weighted by Gasteiger charge is 2.38. The van der Waals surface area contributed by atoms with Crippen molar-refractivity contribution < 1.29 is 4.42 Å². The Morgan fingerprint density at radius 3 is 2.45 bits per heavy atom. The Hall–Kier alpha value is -6.32. The molecule has 0 radical (unpaired) electrons. The number of anilines is 2. The number of furan rings is 1. The lowest BCUT2D eigenvalue weighted by Crippen LogP contribution is -2.36. The maximum Gasteiger partial charge on any atom is 0.143 e. The van der Waals surface area contributed by atoms with Crippen LogP contribution in [0.4, 0.5) is 11.4 Å². The summed E-state index contributed by atoms with van der Waals surface area (Å²) in [7, 11) is 0. The molecular weight excluding hydrogens is 681 g/mol. The summed E-state index contributed by atoms with van der Waals surface area (Å²) >= 11 is 0. The molecule has 0 saturated carbocycles. The molecule has 1 aromatic heterocycles. The molecule has 0 saturated heterocycles. The minimum absolute atomic E-state index is 0.208. The third kappa shape index (κ3) is 5.73. The van der Waals surface area contributed by atoms with Crippen LogP contribution in [0.2, 0.25) is 0 Å². The molecule has 56 heavy (non-hydrogen) atoms. The molecule has 3 nitrogen and oxygen atoms in total. The summed E-state index contributed by atoms with van der Waals surface area (Å²) in [4.78, 5) is 2.53. The maximum absolute atomic E-state index is 6.39. The fourth-order valence-corrected chi connectivity index (χ4v) is 9.72. The first kappa shape index (κ1) is 33.1. The molecule has 2 aliphatic heterocycles. The van der Waals surface area contributed by atoms with E-state index in [-0.39, 0.29) is 18.0 Å². The van der Waals surface area contributed by atoms with Gasteiger partial charge >= 0.3 is 0 Å². The van der Waals surface area contributed by atoms with Gasteiger partial charge in [0.05, 0.1) is 12.1 Å². The first-order valence-electron chi connectivity index (χ1n) is 20.3. The summed E-state index contributed by atoms with van der Waals surface area (Å²) in [5, 5.41) is 6.31. The second-order valence-electron chi connectivity index (χ2n) is 15.8. The fourth-order valence-electron chi connectivity index (χ4n) is 9.72. The van der Waals surface area contributed by atoms with Crippen molar-refractivity contribution in [1.29, 1.82) is 0 Å². The summed E-state index contributed by atoms with van der Waals surface area (Å²) in [5.41, 5.74) is 16.2. The third-order valence-corrected chi connectivity index (χ3v) is 12.5. The van der Waals surface area contributed by atoms with Crippen molar-refractivity contribution in [3.63, 3.8) is 0 Å². The van der Waals surface area contributed by atoms with E-state index in [2.05, 4.69) is 180 Å². The number of para-hydroxylation sites is 3. The second kappa shape index (κ2) is 13.8. The van der Waals surface area contributed by atoms with E-state index in [9.17, 15) is 0 Å². The van der Waals surface area contributed by atoms with Crippen LogP contribution >= 0.6 is 0 Å². The van der Waals surface area contributed by atoms with E-state index in [1.165, 1.54) is 50.5 Å². The van der Waals surface area contributed by atoms with Gasteiger partial charge in [-0.05, 0) is 108 Å². The van der Waals surface area contributed by atoms with E-state index in [0.29, 0.717) is 5.92 Å². The predicted octanol–water partition coefficient (Wildman–Crippen LogP) is 13.2. The SMILES string of the molecule is C1=CCCC(C2=CC(C3C=CC=CC3)NC(C3=CC(C4=CC5c6ccccc6N(c6ccc(-c7cccc8c7oc7ccccc78)cc6)C5C=C4)=CCC3)=C2)=C1. The minimum Gasteiger partial charge on any atom is -0.455 e. The molecule has 4 unspecified atom stereocenters. The van der Waals surface area contributed by atoms with Gasteiger partial charge in [0.2, 0.25) is 0 Å². The van der Waals surface area contributed by atoms with Crippen LogP contribution in [0.25, 0.3) is 33.1 Å². The lowest BCUT2D eigenvalue weighted by Gasteiger charge is -2.33.